The van der Waals surface area contributed by atoms with E-state index in [1.54, 1.807) is 7.11 Å². The van der Waals surface area contributed by atoms with E-state index in [-0.39, 0.29) is 5.91 Å². The molecule has 0 bridgehead atoms. The molecule has 1 saturated heterocycles. The van der Waals surface area contributed by atoms with Gasteiger partial charge < -0.3 is 10.1 Å². The average Bonchev–Trinajstić information content (AvgIpc) is 3.06. The van der Waals surface area contributed by atoms with E-state index in [1.807, 2.05) is 23.6 Å². The predicted octanol–water partition coefficient (Wildman–Crippen LogP) is 4.33. The molecule has 3 rings (SSSR count). The molecule has 1 fully saturated rings. The highest BCUT2D eigenvalue weighted by atomic mass is 79.9. The Kier molecular flexibility index (Phi) is 6.15. The van der Waals surface area contributed by atoms with Gasteiger partial charge in [-0.05, 0) is 77.4 Å². The van der Waals surface area contributed by atoms with Crippen LogP contribution >= 0.6 is 27.3 Å². The highest BCUT2D eigenvalue weighted by Gasteiger charge is 2.31. The van der Waals surface area contributed by atoms with Crippen molar-refractivity contribution in [1.82, 2.24) is 10.2 Å². The smallest absolute Gasteiger partial charge is 0.262 e. The second-order valence-electron chi connectivity index (χ2n) is 6.41. The molecule has 0 aliphatic carbocycles. The number of nitrogens with zero attached hydrogens (tertiary/aromatic N) is 1. The van der Waals surface area contributed by atoms with Gasteiger partial charge in [0.2, 0.25) is 0 Å². The molecule has 1 aromatic carbocycles. The number of carbonyl (C=O) groups excluding carboxylic acids is 1. The molecule has 1 aliphatic rings. The van der Waals surface area contributed by atoms with Crippen LogP contribution in [0.5, 0.6) is 5.75 Å². The highest BCUT2D eigenvalue weighted by molar-refractivity contribution is 9.10. The van der Waals surface area contributed by atoms with Crippen molar-refractivity contribution in [2.24, 2.45) is 5.92 Å². The van der Waals surface area contributed by atoms with E-state index in [4.69, 9.17) is 4.74 Å². The summed E-state index contributed by atoms with van der Waals surface area (Å²) in [6.07, 6.45) is 2.28. The van der Waals surface area contributed by atoms with Crippen molar-refractivity contribution in [2.75, 3.05) is 27.2 Å². The number of thiophene rings is 1. The summed E-state index contributed by atoms with van der Waals surface area (Å²) >= 11 is 4.90. The number of hydrogen-bond acceptors (Lipinski definition) is 4. The van der Waals surface area contributed by atoms with Gasteiger partial charge in [-0.2, -0.15) is 0 Å². The van der Waals surface area contributed by atoms with Crippen LogP contribution in [0, 0.1) is 5.92 Å². The van der Waals surface area contributed by atoms with Gasteiger partial charge >= 0.3 is 0 Å². The lowest BCUT2D eigenvalue weighted by Crippen LogP contribution is -2.41. The zero-order chi connectivity index (χ0) is 17.8. The topological polar surface area (TPSA) is 41.6 Å². The summed E-state index contributed by atoms with van der Waals surface area (Å²) in [5.41, 5.74) is 1.28. The van der Waals surface area contributed by atoms with Crippen LogP contribution in [0.15, 0.2) is 40.2 Å². The average molecular weight is 423 g/mol. The molecule has 2 heterocycles. The Morgan fingerprint density at radius 1 is 1.36 bits per heavy atom. The normalized spacial score (nSPS) is 21.1. The molecular formula is C19H23BrN2O2S. The van der Waals surface area contributed by atoms with Crippen LogP contribution in [0.4, 0.5) is 0 Å². The largest absolute Gasteiger partial charge is 0.497 e. The Labute approximate surface area is 161 Å². The number of benzene rings is 1. The van der Waals surface area contributed by atoms with Crippen LogP contribution in [-0.4, -0.2) is 38.1 Å². The molecule has 134 valence electrons. The van der Waals surface area contributed by atoms with Crippen LogP contribution in [0.2, 0.25) is 0 Å². The Balaban J connectivity index is 1.71. The van der Waals surface area contributed by atoms with Crippen molar-refractivity contribution >= 4 is 33.2 Å². The lowest BCUT2D eigenvalue weighted by atomic mass is 9.85. The lowest BCUT2D eigenvalue weighted by molar-refractivity contribution is 0.0894. The third kappa shape index (κ3) is 4.25. The Hall–Kier alpha value is -1.37. The number of amides is 1. The van der Waals surface area contributed by atoms with Crippen molar-refractivity contribution < 1.29 is 9.53 Å². The van der Waals surface area contributed by atoms with Gasteiger partial charge in [0.15, 0.2) is 0 Å². The first-order valence-corrected chi connectivity index (χ1v) is 10.1. The number of carbonyl (C=O) groups is 1. The van der Waals surface area contributed by atoms with Crippen LogP contribution in [0.1, 0.15) is 34.1 Å². The van der Waals surface area contributed by atoms with Gasteiger partial charge in [0.1, 0.15) is 10.6 Å². The third-order valence-corrected chi connectivity index (χ3v) is 6.65. The molecule has 4 nitrogen and oxygen atoms in total. The fraction of sp³-hybridized carbons (Fsp3) is 0.421. The number of nitrogens with one attached hydrogen (secondary N) is 1. The molecule has 1 N–H and O–H groups in total. The SMILES string of the molecule is COc1ccc(C2C(CNC(=O)c3sccc3Br)CCCN2C)cc1. The Morgan fingerprint density at radius 3 is 2.76 bits per heavy atom. The maximum absolute atomic E-state index is 12.4. The summed E-state index contributed by atoms with van der Waals surface area (Å²) in [5.74, 6) is 1.27. The summed E-state index contributed by atoms with van der Waals surface area (Å²) in [6, 6.07) is 10.5. The summed E-state index contributed by atoms with van der Waals surface area (Å²) in [5, 5.41) is 5.05. The first-order chi connectivity index (χ1) is 12.1. The standard InChI is InChI=1S/C19H23BrN2O2S/c1-22-10-3-4-14(12-21-19(23)18-16(20)9-11-25-18)17(22)13-5-7-15(24-2)8-6-13/h5-9,11,14,17H,3-4,10,12H2,1-2H3,(H,21,23). The van der Waals surface area contributed by atoms with Crippen molar-refractivity contribution in [3.8, 4) is 5.75 Å². The lowest BCUT2D eigenvalue weighted by Gasteiger charge is -2.39. The second kappa shape index (κ2) is 8.34. The summed E-state index contributed by atoms with van der Waals surface area (Å²) < 4.78 is 6.13. The van der Waals surface area contributed by atoms with Crippen molar-refractivity contribution in [3.63, 3.8) is 0 Å². The van der Waals surface area contributed by atoms with Gasteiger partial charge in [0.05, 0.1) is 7.11 Å². The molecule has 0 spiro atoms. The zero-order valence-corrected chi connectivity index (χ0v) is 16.9. The number of halogens is 1. The third-order valence-electron chi connectivity index (χ3n) is 4.81. The molecule has 2 aromatic rings. The maximum Gasteiger partial charge on any atom is 0.262 e. The molecule has 25 heavy (non-hydrogen) atoms. The minimum absolute atomic E-state index is 0.00332. The highest BCUT2D eigenvalue weighted by Crippen LogP contribution is 2.35. The molecule has 1 amide bonds. The minimum atomic E-state index is 0.00332. The van der Waals surface area contributed by atoms with Crippen molar-refractivity contribution in [1.29, 1.82) is 0 Å². The van der Waals surface area contributed by atoms with E-state index >= 15 is 0 Å². The van der Waals surface area contributed by atoms with Gasteiger partial charge in [-0.3, -0.25) is 9.69 Å². The van der Waals surface area contributed by atoms with E-state index in [1.165, 1.54) is 16.9 Å². The van der Waals surface area contributed by atoms with E-state index in [0.717, 1.165) is 34.5 Å². The molecular weight excluding hydrogens is 400 g/mol. The summed E-state index contributed by atoms with van der Waals surface area (Å²) in [4.78, 5) is 15.5. The molecule has 2 atom stereocenters. The van der Waals surface area contributed by atoms with Crippen LogP contribution in [0.25, 0.3) is 0 Å². The van der Waals surface area contributed by atoms with E-state index < -0.39 is 0 Å². The van der Waals surface area contributed by atoms with Gasteiger partial charge in [-0.15, -0.1) is 11.3 Å². The van der Waals surface area contributed by atoms with Crippen molar-refractivity contribution in [2.45, 2.75) is 18.9 Å². The van der Waals surface area contributed by atoms with Gasteiger partial charge in [0.25, 0.3) is 5.91 Å². The van der Waals surface area contributed by atoms with Crippen LogP contribution in [-0.2, 0) is 0 Å². The molecule has 1 aliphatic heterocycles. The predicted molar refractivity (Wildman–Crippen MR) is 105 cm³/mol. The number of methoxy groups -OCH3 is 1. The van der Waals surface area contributed by atoms with Gasteiger partial charge in [-0.1, -0.05) is 12.1 Å². The first kappa shape index (κ1) is 18.4. The zero-order valence-electron chi connectivity index (χ0n) is 14.5. The minimum Gasteiger partial charge on any atom is -0.497 e. The quantitative estimate of drug-likeness (QED) is 0.779. The van der Waals surface area contributed by atoms with E-state index in [0.29, 0.717) is 18.5 Å². The maximum atomic E-state index is 12.4. The van der Waals surface area contributed by atoms with Gasteiger partial charge in [-0.25, -0.2) is 0 Å². The summed E-state index contributed by atoms with van der Waals surface area (Å²) in [7, 11) is 3.85. The van der Waals surface area contributed by atoms with Crippen molar-refractivity contribution in [3.05, 3.63) is 50.6 Å². The number of hydrogen-bond donors (Lipinski definition) is 1. The number of ether oxygens (including phenoxy) is 1. The molecule has 1 aromatic heterocycles. The summed E-state index contributed by atoms with van der Waals surface area (Å²) in [6.45, 7) is 1.77. The molecule has 0 radical (unpaired) electrons. The molecule has 2 unspecified atom stereocenters. The number of likely N-dealkylation sites (tertiary alicyclic amines) is 1. The monoisotopic (exact) mass is 422 g/mol. The fourth-order valence-electron chi connectivity index (χ4n) is 3.56. The Bertz CT molecular complexity index is 716. The van der Waals surface area contributed by atoms with E-state index in [2.05, 4.69) is 45.3 Å². The van der Waals surface area contributed by atoms with Crippen LogP contribution < -0.4 is 10.1 Å². The van der Waals surface area contributed by atoms with Gasteiger partial charge in [0, 0.05) is 17.1 Å². The molecule has 0 saturated carbocycles. The van der Waals surface area contributed by atoms with E-state index in [9.17, 15) is 4.79 Å². The molecule has 6 heteroatoms. The van der Waals surface area contributed by atoms with Crippen LogP contribution in [0.3, 0.4) is 0 Å². The number of rotatable bonds is 5. The number of piperidine rings is 1. The first-order valence-electron chi connectivity index (χ1n) is 8.45. The Morgan fingerprint density at radius 2 is 2.12 bits per heavy atom. The fourth-order valence-corrected chi connectivity index (χ4v) is 5.03. The second-order valence-corrected chi connectivity index (χ2v) is 8.18.